The molecule has 1 aliphatic rings. The molecule has 1 aromatic carbocycles. The van der Waals surface area contributed by atoms with Gasteiger partial charge in [-0.25, -0.2) is 8.78 Å². The fourth-order valence-corrected chi connectivity index (χ4v) is 2.14. The molecule has 1 fully saturated rings. The largest absolute Gasteiger partial charge is 0.271 e. The lowest BCUT2D eigenvalue weighted by atomic mass is 10.0. The van der Waals surface area contributed by atoms with Crippen molar-refractivity contribution in [3.63, 3.8) is 0 Å². The van der Waals surface area contributed by atoms with Gasteiger partial charge in [0.25, 0.3) is 0 Å². The maximum Gasteiger partial charge on any atom is 0.132 e. The number of rotatable bonds is 3. The molecule has 5 heteroatoms. The summed E-state index contributed by atoms with van der Waals surface area (Å²) in [6.45, 7) is 0. The van der Waals surface area contributed by atoms with Crippen LogP contribution in [-0.4, -0.2) is 0 Å². The molecule has 0 heterocycles. The van der Waals surface area contributed by atoms with Gasteiger partial charge in [0.15, 0.2) is 0 Å². The van der Waals surface area contributed by atoms with Crippen LogP contribution in [0.25, 0.3) is 0 Å². The highest BCUT2D eigenvalue weighted by Gasteiger charge is 2.35. The van der Waals surface area contributed by atoms with E-state index in [0.717, 1.165) is 12.8 Å². The molecule has 82 valence electrons. The van der Waals surface area contributed by atoms with Crippen LogP contribution >= 0.6 is 15.9 Å². The summed E-state index contributed by atoms with van der Waals surface area (Å²) < 4.78 is 27.5. The number of benzene rings is 1. The molecule has 0 radical (unpaired) electrons. The summed E-state index contributed by atoms with van der Waals surface area (Å²) in [5, 5.41) is 0. The van der Waals surface area contributed by atoms with Crippen molar-refractivity contribution < 1.29 is 8.78 Å². The first kappa shape index (κ1) is 11.0. The van der Waals surface area contributed by atoms with Gasteiger partial charge < -0.3 is 0 Å². The number of hydrogen-bond donors (Lipinski definition) is 2. The van der Waals surface area contributed by atoms with Crippen molar-refractivity contribution in [3.05, 3.63) is 33.8 Å². The zero-order valence-electron chi connectivity index (χ0n) is 7.93. The highest BCUT2D eigenvalue weighted by Crippen LogP contribution is 2.42. The number of nitrogens with two attached hydrogens (primary N) is 1. The Labute approximate surface area is 94.9 Å². The summed E-state index contributed by atoms with van der Waals surface area (Å²) in [6, 6.07) is 2.09. The Hall–Kier alpha value is -0.520. The first-order valence-corrected chi connectivity index (χ1v) is 5.53. The minimum atomic E-state index is -0.559. The second kappa shape index (κ2) is 4.15. The van der Waals surface area contributed by atoms with E-state index in [1.54, 1.807) is 0 Å². The Morgan fingerprint density at radius 2 is 1.87 bits per heavy atom. The van der Waals surface area contributed by atoms with Gasteiger partial charge in [-0.15, -0.1) is 0 Å². The van der Waals surface area contributed by atoms with E-state index in [4.69, 9.17) is 5.84 Å². The molecule has 15 heavy (non-hydrogen) atoms. The fourth-order valence-electron chi connectivity index (χ4n) is 1.74. The molecule has 0 amide bonds. The summed E-state index contributed by atoms with van der Waals surface area (Å²) in [6.07, 6.45) is 1.92. The first-order chi connectivity index (χ1) is 7.13. The van der Waals surface area contributed by atoms with E-state index in [1.165, 1.54) is 12.1 Å². The van der Waals surface area contributed by atoms with Crippen molar-refractivity contribution in [2.45, 2.75) is 18.9 Å². The number of hydrazine groups is 1. The molecular weight excluding hydrogens is 266 g/mol. The molecule has 0 bridgehead atoms. The smallest absolute Gasteiger partial charge is 0.132 e. The molecule has 2 nitrogen and oxygen atoms in total. The average Bonchev–Trinajstić information content (AvgIpc) is 2.94. The van der Waals surface area contributed by atoms with Gasteiger partial charge in [-0.2, -0.15) is 0 Å². The number of nitrogens with one attached hydrogen (secondary N) is 1. The zero-order chi connectivity index (χ0) is 11.0. The van der Waals surface area contributed by atoms with Crippen molar-refractivity contribution in [1.29, 1.82) is 0 Å². The number of hydrogen-bond acceptors (Lipinski definition) is 2. The van der Waals surface area contributed by atoms with Crippen LogP contribution in [0.4, 0.5) is 8.78 Å². The summed E-state index contributed by atoms with van der Waals surface area (Å²) >= 11 is 3.04. The van der Waals surface area contributed by atoms with E-state index in [1.807, 2.05) is 0 Å². The van der Waals surface area contributed by atoms with Crippen LogP contribution < -0.4 is 11.3 Å². The van der Waals surface area contributed by atoms with Crippen LogP contribution in [0.15, 0.2) is 16.6 Å². The van der Waals surface area contributed by atoms with E-state index < -0.39 is 17.7 Å². The maximum absolute atomic E-state index is 13.6. The predicted molar refractivity (Wildman–Crippen MR) is 56.8 cm³/mol. The van der Waals surface area contributed by atoms with Gasteiger partial charge in [-0.3, -0.25) is 11.3 Å². The Bertz CT molecular complexity index is 357. The van der Waals surface area contributed by atoms with Crippen LogP contribution in [0.3, 0.4) is 0 Å². The average molecular weight is 277 g/mol. The SMILES string of the molecule is NNC(c1c(F)cc(Br)cc1F)C1CC1. The third-order valence-electron chi connectivity index (χ3n) is 2.63. The molecule has 3 N–H and O–H groups in total. The van der Waals surface area contributed by atoms with E-state index in [2.05, 4.69) is 21.4 Å². The van der Waals surface area contributed by atoms with Crippen molar-refractivity contribution in [3.8, 4) is 0 Å². The fraction of sp³-hybridized carbons (Fsp3) is 0.400. The lowest BCUT2D eigenvalue weighted by Gasteiger charge is -2.17. The van der Waals surface area contributed by atoms with E-state index >= 15 is 0 Å². The second-order valence-corrected chi connectivity index (χ2v) is 4.68. The van der Waals surface area contributed by atoms with Crippen LogP contribution in [0.2, 0.25) is 0 Å². The van der Waals surface area contributed by atoms with E-state index in [9.17, 15) is 8.78 Å². The van der Waals surface area contributed by atoms with Gasteiger partial charge >= 0.3 is 0 Å². The minimum absolute atomic E-state index is 0.0446. The molecule has 1 aliphatic carbocycles. The Morgan fingerprint density at radius 1 is 1.33 bits per heavy atom. The molecule has 0 spiro atoms. The third-order valence-corrected chi connectivity index (χ3v) is 3.09. The first-order valence-electron chi connectivity index (χ1n) is 4.74. The van der Waals surface area contributed by atoms with Crippen LogP contribution in [0.5, 0.6) is 0 Å². The van der Waals surface area contributed by atoms with Gasteiger partial charge in [0.1, 0.15) is 11.6 Å². The quantitative estimate of drug-likeness (QED) is 0.658. The highest BCUT2D eigenvalue weighted by molar-refractivity contribution is 9.10. The minimum Gasteiger partial charge on any atom is -0.271 e. The zero-order valence-corrected chi connectivity index (χ0v) is 9.52. The number of halogens is 3. The van der Waals surface area contributed by atoms with Gasteiger partial charge in [0.2, 0.25) is 0 Å². The lowest BCUT2D eigenvalue weighted by Crippen LogP contribution is -2.31. The van der Waals surface area contributed by atoms with E-state index in [-0.39, 0.29) is 11.5 Å². The molecular formula is C10H11BrF2N2. The standard InChI is InChI=1S/C10H11BrF2N2/c11-6-3-7(12)9(8(13)4-6)10(15-14)5-1-2-5/h3-5,10,15H,1-2,14H2. The molecule has 1 saturated carbocycles. The Morgan fingerprint density at radius 3 is 2.27 bits per heavy atom. The molecule has 0 saturated heterocycles. The van der Waals surface area contributed by atoms with Crippen LogP contribution in [0, 0.1) is 17.6 Å². The third kappa shape index (κ3) is 2.19. The van der Waals surface area contributed by atoms with Crippen molar-refractivity contribution >= 4 is 15.9 Å². The maximum atomic E-state index is 13.6. The molecule has 0 aliphatic heterocycles. The molecule has 1 atom stereocenters. The summed E-state index contributed by atoms with van der Waals surface area (Å²) in [5.74, 6) is 4.46. The van der Waals surface area contributed by atoms with Crippen LogP contribution in [0.1, 0.15) is 24.4 Å². The summed E-state index contributed by atoms with van der Waals surface area (Å²) in [7, 11) is 0. The Balaban J connectivity index is 2.40. The van der Waals surface area contributed by atoms with Gasteiger partial charge in [0, 0.05) is 10.0 Å². The van der Waals surface area contributed by atoms with E-state index in [0.29, 0.717) is 4.47 Å². The lowest BCUT2D eigenvalue weighted by molar-refractivity contribution is 0.439. The Kier molecular flexibility index (Phi) is 3.04. The second-order valence-electron chi connectivity index (χ2n) is 3.76. The molecule has 1 aromatic rings. The summed E-state index contributed by atoms with van der Waals surface area (Å²) in [5.41, 5.74) is 2.53. The van der Waals surface area contributed by atoms with Gasteiger partial charge in [0.05, 0.1) is 6.04 Å². The van der Waals surface area contributed by atoms with Crippen molar-refractivity contribution in [2.24, 2.45) is 11.8 Å². The highest BCUT2D eigenvalue weighted by atomic mass is 79.9. The van der Waals surface area contributed by atoms with Crippen molar-refractivity contribution in [1.82, 2.24) is 5.43 Å². The summed E-state index contributed by atoms with van der Waals surface area (Å²) in [4.78, 5) is 0. The molecule has 2 rings (SSSR count). The predicted octanol–water partition coefficient (Wildman–Crippen LogP) is 2.64. The van der Waals surface area contributed by atoms with Gasteiger partial charge in [-0.1, -0.05) is 15.9 Å². The monoisotopic (exact) mass is 276 g/mol. The normalized spacial score (nSPS) is 17.9. The van der Waals surface area contributed by atoms with Crippen LogP contribution in [-0.2, 0) is 0 Å². The topological polar surface area (TPSA) is 38.0 Å². The van der Waals surface area contributed by atoms with Gasteiger partial charge in [-0.05, 0) is 30.9 Å². The molecule has 1 unspecified atom stereocenters. The molecule has 0 aromatic heterocycles. The van der Waals surface area contributed by atoms with Crippen molar-refractivity contribution in [2.75, 3.05) is 0 Å².